The number of esters is 2. The van der Waals surface area contributed by atoms with E-state index >= 15 is 0 Å². The summed E-state index contributed by atoms with van der Waals surface area (Å²) in [5.74, 6) is -1.09. The molecule has 7 nitrogen and oxygen atoms in total. The average molecular weight is 303 g/mol. The molecule has 0 spiro atoms. The van der Waals surface area contributed by atoms with Gasteiger partial charge in [-0.05, 0) is 0 Å². The van der Waals surface area contributed by atoms with E-state index in [-0.39, 0.29) is 19.8 Å². The van der Waals surface area contributed by atoms with Gasteiger partial charge >= 0.3 is 21.3 Å². The minimum Gasteiger partial charge on any atom is -0.465 e. The van der Waals surface area contributed by atoms with E-state index in [1.54, 1.807) is 0 Å². The molecule has 0 bridgehead atoms. The molecule has 0 amide bonds. The van der Waals surface area contributed by atoms with Crippen molar-refractivity contribution in [1.82, 2.24) is 0 Å². The summed E-state index contributed by atoms with van der Waals surface area (Å²) < 4.78 is 35.3. The maximum absolute atomic E-state index is 10.7. The van der Waals surface area contributed by atoms with Crippen molar-refractivity contribution in [3.8, 4) is 0 Å². The number of hydrogen-bond acceptors (Lipinski definition) is 7. The van der Waals surface area contributed by atoms with E-state index in [0.717, 1.165) is 0 Å². The maximum atomic E-state index is 10.7. The van der Waals surface area contributed by atoms with Crippen molar-refractivity contribution in [3.05, 3.63) is 0 Å². The van der Waals surface area contributed by atoms with Gasteiger partial charge in [0.2, 0.25) is 0 Å². The predicted octanol–water partition coefficient (Wildman–Crippen LogP) is 0.619. The third-order valence-electron chi connectivity index (χ3n) is 1.80. The Bertz CT molecular complexity index is 385. The van der Waals surface area contributed by atoms with Crippen LogP contribution in [0.3, 0.4) is 0 Å². The van der Waals surface area contributed by atoms with Gasteiger partial charge in [0.15, 0.2) is 0 Å². The van der Waals surface area contributed by atoms with Crippen molar-refractivity contribution in [3.63, 3.8) is 0 Å². The van der Waals surface area contributed by atoms with Crippen molar-refractivity contribution in [2.75, 3.05) is 19.8 Å². The molecule has 0 aliphatic carbocycles. The highest BCUT2D eigenvalue weighted by molar-refractivity contribution is 8.09. The van der Waals surface area contributed by atoms with Crippen molar-refractivity contribution in [2.24, 2.45) is 5.41 Å². The van der Waals surface area contributed by atoms with E-state index in [4.69, 9.17) is 20.2 Å². The monoisotopic (exact) mass is 302 g/mol. The van der Waals surface area contributed by atoms with E-state index in [1.165, 1.54) is 20.8 Å². The lowest BCUT2D eigenvalue weighted by atomic mass is 9.94. The summed E-state index contributed by atoms with van der Waals surface area (Å²) in [6.07, 6.45) is 0. The lowest BCUT2D eigenvalue weighted by molar-refractivity contribution is -0.151. The van der Waals surface area contributed by atoms with Crippen molar-refractivity contribution in [2.45, 2.75) is 20.8 Å². The number of hydrogen-bond donors (Lipinski definition) is 0. The summed E-state index contributed by atoms with van der Waals surface area (Å²) in [5, 5.41) is 0. The smallest absolute Gasteiger partial charge is 0.355 e. The SMILES string of the molecule is CC(=O)OCC(C)(COC(C)=O)COS(=O)(=O)Cl. The Labute approximate surface area is 110 Å². The lowest BCUT2D eigenvalue weighted by Gasteiger charge is -2.26. The third-order valence-corrected chi connectivity index (χ3v) is 2.46. The van der Waals surface area contributed by atoms with Gasteiger partial charge in [0.1, 0.15) is 13.2 Å². The van der Waals surface area contributed by atoms with Gasteiger partial charge in [0.25, 0.3) is 0 Å². The Balaban J connectivity index is 4.57. The standard InChI is InChI=1S/C9H15ClO7S/c1-7(11)15-4-9(3,5-16-8(2)12)6-17-18(10,13)14/h4-6H2,1-3H3. The molecule has 0 heterocycles. The van der Waals surface area contributed by atoms with E-state index in [2.05, 4.69) is 4.18 Å². The Morgan fingerprint density at radius 2 is 1.44 bits per heavy atom. The topological polar surface area (TPSA) is 96.0 Å². The Morgan fingerprint density at radius 3 is 1.72 bits per heavy atom. The predicted molar refractivity (Wildman–Crippen MR) is 62.1 cm³/mol. The van der Waals surface area contributed by atoms with Crippen LogP contribution in [0.4, 0.5) is 0 Å². The summed E-state index contributed by atoms with van der Waals surface area (Å²) in [6, 6.07) is 0. The molecule has 0 saturated carbocycles. The Kier molecular flexibility index (Phi) is 6.58. The van der Waals surface area contributed by atoms with Crippen LogP contribution in [0.15, 0.2) is 0 Å². The van der Waals surface area contributed by atoms with Crippen molar-refractivity contribution in [1.29, 1.82) is 0 Å². The first-order valence-electron chi connectivity index (χ1n) is 4.90. The van der Waals surface area contributed by atoms with Crippen molar-refractivity contribution >= 4 is 32.0 Å². The molecule has 0 N–H and O–H groups in total. The minimum absolute atomic E-state index is 0.165. The third kappa shape index (κ3) is 9.20. The summed E-state index contributed by atoms with van der Waals surface area (Å²) >= 11 is 0. The van der Waals surface area contributed by atoms with E-state index in [9.17, 15) is 18.0 Å². The van der Waals surface area contributed by atoms with Gasteiger partial charge in [-0.15, -0.1) is 0 Å². The molecule has 9 heteroatoms. The number of rotatable bonds is 7. The number of ether oxygens (including phenoxy) is 2. The highest BCUT2D eigenvalue weighted by Crippen LogP contribution is 2.20. The second-order valence-corrected chi connectivity index (χ2v) is 6.18. The molecule has 0 aliphatic rings. The molecule has 0 saturated heterocycles. The van der Waals surface area contributed by atoms with Gasteiger partial charge in [-0.25, -0.2) is 0 Å². The molecule has 0 aromatic rings. The highest BCUT2D eigenvalue weighted by Gasteiger charge is 2.30. The maximum Gasteiger partial charge on any atom is 0.355 e. The fourth-order valence-corrected chi connectivity index (χ4v) is 1.45. The van der Waals surface area contributed by atoms with E-state index in [0.29, 0.717) is 0 Å². The quantitative estimate of drug-likeness (QED) is 0.502. The molecule has 0 aromatic carbocycles. The molecular formula is C9H15ClO7S. The first-order chi connectivity index (χ1) is 8.04. The molecule has 0 aliphatic heterocycles. The van der Waals surface area contributed by atoms with Crippen LogP contribution in [-0.4, -0.2) is 40.2 Å². The fourth-order valence-electron chi connectivity index (χ4n) is 0.889. The van der Waals surface area contributed by atoms with Crippen LogP contribution in [0.5, 0.6) is 0 Å². The Morgan fingerprint density at radius 1 is 1.06 bits per heavy atom. The zero-order chi connectivity index (χ0) is 14.4. The first-order valence-corrected chi connectivity index (χ1v) is 7.13. The lowest BCUT2D eigenvalue weighted by Crippen LogP contribution is -2.36. The van der Waals surface area contributed by atoms with Crippen LogP contribution in [0.2, 0.25) is 0 Å². The average Bonchev–Trinajstić information content (AvgIpc) is 2.20. The molecule has 0 fully saturated rings. The second-order valence-electron chi connectivity index (χ2n) is 4.03. The molecular weight excluding hydrogens is 288 g/mol. The first kappa shape index (κ1) is 17.1. The summed E-state index contributed by atoms with van der Waals surface area (Å²) in [5.41, 5.74) is -1.00. The van der Waals surface area contributed by atoms with Gasteiger partial charge < -0.3 is 9.47 Å². The van der Waals surface area contributed by atoms with Gasteiger partial charge in [-0.2, -0.15) is 8.42 Å². The second kappa shape index (κ2) is 6.91. The molecule has 0 atom stereocenters. The molecule has 0 radical (unpaired) electrons. The Hall–Kier alpha value is -0.860. The summed E-state index contributed by atoms with van der Waals surface area (Å²) in [4.78, 5) is 21.4. The van der Waals surface area contributed by atoms with Gasteiger partial charge in [0, 0.05) is 24.5 Å². The van der Waals surface area contributed by atoms with Gasteiger partial charge in [-0.1, -0.05) is 6.92 Å². The molecule has 0 aromatic heterocycles. The molecule has 0 rings (SSSR count). The number of carbonyl (C=O) groups excluding carboxylic acids is 2. The molecule has 18 heavy (non-hydrogen) atoms. The van der Waals surface area contributed by atoms with Crippen LogP contribution in [0.1, 0.15) is 20.8 Å². The van der Waals surface area contributed by atoms with Gasteiger partial charge in [-0.3, -0.25) is 13.8 Å². The van der Waals surface area contributed by atoms with Crippen LogP contribution >= 0.6 is 10.7 Å². The number of halogens is 1. The zero-order valence-electron chi connectivity index (χ0n) is 10.3. The number of carbonyl (C=O) groups is 2. The van der Waals surface area contributed by atoms with Gasteiger partial charge in [0.05, 0.1) is 12.0 Å². The van der Waals surface area contributed by atoms with Crippen LogP contribution in [0, 0.1) is 5.41 Å². The molecule has 106 valence electrons. The largest absolute Gasteiger partial charge is 0.465 e. The van der Waals surface area contributed by atoms with E-state index in [1.807, 2.05) is 0 Å². The molecule has 0 unspecified atom stereocenters. The van der Waals surface area contributed by atoms with E-state index < -0.39 is 26.7 Å². The van der Waals surface area contributed by atoms with Crippen molar-refractivity contribution < 1.29 is 31.7 Å². The minimum atomic E-state index is -4.14. The zero-order valence-corrected chi connectivity index (χ0v) is 11.8. The fraction of sp³-hybridized carbons (Fsp3) is 0.778. The highest BCUT2D eigenvalue weighted by atomic mass is 35.7. The van der Waals surface area contributed by atoms with Crippen LogP contribution in [-0.2, 0) is 32.6 Å². The van der Waals surface area contributed by atoms with Crippen LogP contribution < -0.4 is 0 Å². The normalized spacial score (nSPS) is 12.0. The summed E-state index contributed by atoms with van der Waals surface area (Å²) in [7, 11) is 0.756. The summed E-state index contributed by atoms with van der Waals surface area (Å²) in [6.45, 7) is 3.22. The van der Waals surface area contributed by atoms with Crippen LogP contribution in [0.25, 0.3) is 0 Å².